The van der Waals surface area contributed by atoms with E-state index in [1.165, 1.54) is 6.07 Å². The van der Waals surface area contributed by atoms with Crippen LogP contribution < -0.4 is 20.9 Å². The smallest absolute Gasteiger partial charge is 0.371 e. The van der Waals surface area contributed by atoms with Crippen LogP contribution in [0, 0.1) is 5.41 Å². The maximum absolute atomic E-state index is 13.9. The van der Waals surface area contributed by atoms with Crippen molar-refractivity contribution < 1.29 is 35.9 Å². The van der Waals surface area contributed by atoms with E-state index < -0.39 is 36.1 Å². The Kier molecular flexibility index (Phi) is 9.79. The molecule has 2 aromatic carbocycles. The van der Waals surface area contributed by atoms with Gasteiger partial charge in [0, 0.05) is 32.1 Å². The normalized spacial score (nSPS) is 15.0. The van der Waals surface area contributed by atoms with E-state index in [1.54, 1.807) is 60.8 Å². The molecule has 0 atom stereocenters. The molecule has 8 nitrogen and oxygen atoms in total. The maximum Gasteiger partial charge on any atom is 0.455 e. The summed E-state index contributed by atoms with van der Waals surface area (Å²) in [6.45, 7) is 3.85. The fourth-order valence-corrected chi connectivity index (χ4v) is 5.19. The number of halogens is 8. The molecule has 0 bridgehead atoms. The van der Waals surface area contributed by atoms with Crippen LogP contribution in [0.3, 0.4) is 0 Å². The zero-order chi connectivity index (χ0) is 33.5. The number of nitrogens with one attached hydrogen (secondary N) is 3. The lowest BCUT2D eigenvalue weighted by Gasteiger charge is -2.32. The van der Waals surface area contributed by atoms with Crippen LogP contribution in [0.5, 0.6) is 0 Å². The number of benzene rings is 2. The highest BCUT2D eigenvalue weighted by Gasteiger charge is 2.57. The van der Waals surface area contributed by atoms with Gasteiger partial charge in [0.1, 0.15) is 6.17 Å². The molecule has 1 aliphatic heterocycles. The molecule has 3 N–H and O–H groups in total. The third-order valence-electron chi connectivity index (χ3n) is 7.42. The Morgan fingerprint density at radius 3 is 2.27 bits per heavy atom. The molecule has 2 heterocycles. The van der Waals surface area contributed by atoms with Crippen molar-refractivity contribution >= 4 is 63.4 Å². The first-order valence-electron chi connectivity index (χ1n) is 13.9. The first kappa shape index (κ1) is 34.5. The van der Waals surface area contributed by atoms with Gasteiger partial charge in [-0.25, -0.2) is 9.37 Å². The number of hydrogen-bond donors (Lipinski definition) is 3. The van der Waals surface area contributed by atoms with Gasteiger partial charge in [-0.2, -0.15) is 22.0 Å². The molecule has 1 aromatic heterocycles. The second kappa shape index (κ2) is 12.8. The van der Waals surface area contributed by atoms with E-state index in [1.807, 2.05) is 0 Å². The summed E-state index contributed by atoms with van der Waals surface area (Å²) < 4.78 is 80.9. The Hall–Kier alpha value is -3.39. The number of anilines is 3. The lowest BCUT2D eigenvalue weighted by molar-refractivity contribution is -0.278. The number of rotatable bonds is 8. The van der Waals surface area contributed by atoms with Crippen molar-refractivity contribution in [1.29, 1.82) is 0 Å². The summed E-state index contributed by atoms with van der Waals surface area (Å²) in [7, 11) is 1.65. The van der Waals surface area contributed by atoms with Gasteiger partial charge < -0.3 is 25.4 Å². The highest BCUT2D eigenvalue weighted by Crippen LogP contribution is 2.38. The molecule has 1 fully saturated rings. The van der Waals surface area contributed by atoms with E-state index in [0.29, 0.717) is 11.1 Å². The minimum atomic E-state index is -5.85. The van der Waals surface area contributed by atoms with Crippen molar-refractivity contribution in [3.05, 3.63) is 45.4 Å². The molecule has 2 amide bonds. The van der Waals surface area contributed by atoms with E-state index in [2.05, 4.69) is 15.6 Å². The summed E-state index contributed by atoms with van der Waals surface area (Å²) in [6, 6.07) is 6.07. The zero-order valence-electron chi connectivity index (χ0n) is 24.8. The van der Waals surface area contributed by atoms with E-state index in [-0.39, 0.29) is 76.8 Å². The number of amides is 2. The van der Waals surface area contributed by atoms with E-state index in [9.17, 15) is 35.9 Å². The standard InChI is InChI=1S/C29H32Cl2F6N6O2/c1-27(2,3)25(45)38-13-15-5-6-18(30)23(22(15)31)41-26-40-19-11-17(24(44)39-14-28(33,34)29(35,36)37)20(12-21(19)42(26)4)43-9-7-16(32)8-10-43/h5-6,11-12,16H,7-10,13-14H2,1-4H3,(H,38,45)(H,39,44)(H,40,41). The highest BCUT2D eigenvalue weighted by molar-refractivity contribution is 6.39. The molecule has 0 saturated carbocycles. The fourth-order valence-electron chi connectivity index (χ4n) is 4.66. The topological polar surface area (TPSA) is 91.3 Å². The number of hydrogen-bond acceptors (Lipinski definition) is 5. The molecule has 0 spiro atoms. The van der Waals surface area contributed by atoms with Gasteiger partial charge in [-0.1, -0.05) is 50.0 Å². The molecule has 3 aromatic rings. The number of fused-ring (bicyclic) bond motifs is 1. The lowest BCUT2D eigenvalue weighted by Crippen LogP contribution is -2.47. The Morgan fingerprint density at radius 1 is 1.02 bits per heavy atom. The molecular formula is C29H32Cl2F6N6O2. The van der Waals surface area contributed by atoms with E-state index in [4.69, 9.17) is 23.2 Å². The van der Waals surface area contributed by atoms with Gasteiger partial charge in [-0.3, -0.25) is 9.59 Å². The molecule has 0 unspecified atom stereocenters. The average Bonchev–Trinajstić information content (AvgIpc) is 3.26. The van der Waals surface area contributed by atoms with Gasteiger partial charge in [0.25, 0.3) is 5.91 Å². The van der Waals surface area contributed by atoms with Gasteiger partial charge in [0.2, 0.25) is 11.9 Å². The predicted octanol–water partition coefficient (Wildman–Crippen LogP) is 7.15. The quantitative estimate of drug-likeness (QED) is 0.220. The van der Waals surface area contributed by atoms with Gasteiger partial charge in [0.15, 0.2) is 0 Å². The summed E-state index contributed by atoms with van der Waals surface area (Å²) in [5.74, 6) is -6.30. The van der Waals surface area contributed by atoms with Gasteiger partial charge in [-0.05, 0) is 36.6 Å². The molecule has 0 radical (unpaired) electrons. The second-order valence-corrected chi connectivity index (χ2v) is 12.6. The first-order valence-corrected chi connectivity index (χ1v) is 14.7. The Morgan fingerprint density at radius 2 is 1.67 bits per heavy atom. The molecule has 4 rings (SSSR count). The van der Waals surface area contributed by atoms with Crippen LogP contribution in [0.25, 0.3) is 11.0 Å². The average molecular weight is 682 g/mol. The van der Waals surface area contributed by atoms with Gasteiger partial charge in [-0.15, -0.1) is 0 Å². The van der Waals surface area contributed by atoms with Crippen LogP contribution >= 0.6 is 23.2 Å². The highest BCUT2D eigenvalue weighted by atomic mass is 35.5. The lowest BCUT2D eigenvalue weighted by atomic mass is 9.95. The predicted molar refractivity (Wildman–Crippen MR) is 161 cm³/mol. The second-order valence-electron chi connectivity index (χ2n) is 11.9. The molecular weight excluding hydrogens is 649 g/mol. The number of aryl methyl sites for hydroxylation is 1. The SMILES string of the molecule is Cn1c(Nc2c(Cl)ccc(CNC(=O)C(C)(C)C)c2Cl)nc2cc(C(=O)NCC(F)(F)C(F)(F)F)c(N3CCC(F)CC3)cc21. The number of imidazole rings is 1. The number of aromatic nitrogens is 2. The van der Waals surface area contributed by atoms with Gasteiger partial charge >= 0.3 is 12.1 Å². The van der Waals surface area contributed by atoms with Crippen molar-refractivity contribution in [2.75, 3.05) is 29.9 Å². The Labute approximate surface area is 265 Å². The van der Waals surface area contributed by atoms with Crippen LogP contribution in [0.1, 0.15) is 49.5 Å². The number of nitrogens with zero attached hydrogens (tertiary/aromatic N) is 3. The van der Waals surface area contributed by atoms with Crippen LogP contribution in [0.2, 0.25) is 10.0 Å². The summed E-state index contributed by atoms with van der Waals surface area (Å²) >= 11 is 13.1. The van der Waals surface area contributed by atoms with Gasteiger partial charge in [0.05, 0.1) is 44.6 Å². The summed E-state index contributed by atoms with van der Waals surface area (Å²) in [5, 5.41) is 8.01. The summed E-state index contributed by atoms with van der Waals surface area (Å²) in [4.78, 5) is 31.6. The molecule has 246 valence electrons. The summed E-state index contributed by atoms with van der Waals surface area (Å²) in [5.41, 5.74) is 0.915. The maximum atomic E-state index is 13.9. The Bertz CT molecular complexity index is 1600. The molecule has 45 heavy (non-hydrogen) atoms. The van der Waals surface area contributed by atoms with E-state index in [0.717, 1.165) is 0 Å². The first-order chi connectivity index (χ1) is 20.8. The van der Waals surface area contributed by atoms with Crippen LogP contribution in [-0.4, -0.2) is 59.3 Å². The number of piperidine rings is 1. The third kappa shape index (κ3) is 7.54. The molecule has 0 aliphatic carbocycles. The fraction of sp³-hybridized carbons (Fsp3) is 0.483. The third-order valence-corrected chi connectivity index (χ3v) is 8.17. The minimum absolute atomic E-state index is 0.119. The van der Waals surface area contributed by atoms with Crippen molar-refractivity contribution in [2.45, 2.75) is 58.4 Å². The van der Waals surface area contributed by atoms with Crippen LogP contribution in [0.4, 0.5) is 43.7 Å². The van der Waals surface area contributed by atoms with Crippen molar-refractivity contribution in [3.63, 3.8) is 0 Å². The van der Waals surface area contributed by atoms with Crippen LogP contribution in [0.15, 0.2) is 24.3 Å². The van der Waals surface area contributed by atoms with Crippen molar-refractivity contribution in [1.82, 2.24) is 20.2 Å². The van der Waals surface area contributed by atoms with Crippen molar-refractivity contribution in [2.24, 2.45) is 12.5 Å². The monoisotopic (exact) mass is 680 g/mol. The number of alkyl halides is 6. The zero-order valence-corrected chi connectivity index (χ0v) is 26.3. The minimum Gasteiger partial charge on any atom is -0.371 e. The van der Waals surface area contributed by atoms with E-state index >= 15 is 0 Å². The molecule has 1 saturated heterocycles. The van der Waals surface area contributed by atoms with Crippen LogP contribution in [-0.2, 0) is 18.4 Å². The molecule has 16 heteroatoms. The largest absolute Gasteiger partial charge is 0.455 e. The van der Waals surface area contributed by atoms with Crippen molar-refractivity contribution in [3.8, 4) is 0 Å². The summed E-state index contributed by atoms with van der Waals surface area (Å²) in [6.07, 6.45) is -6.62. The Balaban J connectivity index is 1.70. The molecule has 1 aliphatic rings. The number of carbonyl (C=O) groups is 2. The number of carbonyl (C=O) groups excluding carboxylic acids is 2.